The second-order valence-corrected chi connectivity index (χ2v) is 5.81. The molecule has 0 bridgehead atoms. The fraction of sp³-hybridized carbons (Fsp3) is 0.267. The normalized spacial score (nSPS) is 11.0. The van der Waals surface area contributed by atoms with E-state index >= 15 is 0 Å². The lowest BCUT2D eigenvalue weighted by Crippen LogP contribution is -2.26. The quantitative estimate of drug-likeness (QED) is 0.751. The van der Waals surface area contributed by atoms with Gasteiger partial charge in [-0.25, -0.2) is 9.97 Å². The lowest BCUT2D eigenvalue weighted by molar-refractivity contribution is 0.0949. The fourth-order valence-corrected chi connectivity index (χ4v) is 2.78. The van der Waals surface area contributed by atoms with Crippen LogP contribution in [-0.4, -0.2) is 22.4 Å². The summed E-state index contributed by atoms with van der Waals surface area (Å²) in [5.41, 5.74) is 8.61. The zero-order valence-corrected chi connectivity index (χ0v) is 12.9. The Balaban J connectivity index is 1.60. The Labute approximate surface area is 131 Å². The Morgan fingerprint density at radius 3 is 3.00 bits per heavy atom. The summed E-state index contributed by atoms with van der Waals surface area (Å²) in [6.07, 6.45) is 0.535. The van der Waals surface area contributed by atoms with Crippen LogP contribution in [0.3, 0.4) is 0 Å². The van der Waals surface area contributed by atoms with E-state index in [2.05, 4.69) is 15.3 Å². The topological polar surface area (TPSA) is 94.0 Å². The van der Waals surface area contributed by atoms with Crippen LogP contribution < -0.4 is 11.1 Å². The van der Waals surface area contributed by atoms with Gasteiger partial charge in [0.25, 0.3) is 5.91 Å². The number of aryl methyl sites for hydroxylation is 1. The fourth-order valence-electron chi connectivity index (χ4n) is 2.12. The molecule has 7 heteroatoms. The number of aromatic nitrogens is 2. The number of carbonyl (C=O) groups excluding carboxylic acids is 1. The standard InChI is InChI=1S/C15H16N4O2S/c1-9-3-2-4-11-14(9)19-12(21-11)5-6-17-15(20)10-8-22-13(7-16)18-10/h2-4,8H,5-7,16H2,1H3,(H,17,20). The van der Waals surface area contributed by atoms with Crippen molar-refractivity contribution < 1.29 is 9.21 Å². The minimum absolute atomic E-state index is 0.205. The molecule has 1 aromatic carbocycles. The summed E-state index contributed by atoms with van der Waals surface area (Å²) < 4.78 is 5.67. The van der Waals surface area contributed by atoms with Gasteiger partial charge in [-0.05, 0) is 18.6 Å². The number of hydrogen-bond acceptors (Lipinski definition) is 6. The molecule has 0 aliphatic carbocycles. The lowest BCUT2D eigenvalue weighted by Gasteiger charge is -2.00. The molecule has 3 N–H and O–H groups in total. The molecule has 0 aliphatic heterocycles. The molecule has 0 atom stereocenters. The Morgan fingerprint density at radius 1 is 1.41 bits per heavy atom. The summed E-state index contributed by atoms with van der Waals surface area (Å²) in [5.74, 6) is 0.411. The number of rotatable bonds is 5. The van der Waals surface area contributed by atoms with Crippen molar-refractivity contribution in [3.8, 4) is 0 Å². The highest BCUT2D eigenvalue weighted by molar-refractivity contribution is 7.09. The number of hydrogen-bond donors (Lipinski definition) is 2. The minimum atomic E-state index is -0.205. The molecule has 0 unspecified atom stereocenters. The van der Waals surface area contributed by atoms with Gasteiger partial charge >= 0.3 is 0 Å². The Kier molecular flexibility index (Phi) is 4.17. The second kappa shape index (κ2) is 6.25. The van der Waals surface area contributed by atoms with Crippen LogP contribution in [0.1, 0.15) is 27.0 Å². The summed E-state index contributed by atoms with van der Waals surface area (Å²) in [6, 6.07) is 5.82. The molecular formula is C15H16N4O2S. The van der Waals surface area contributed by atoms with Crippen LogP contribution in [0.4, 0.5) is 0 Å². The Hall–Kier alpha value is -2.25. The third-order valence-corrected chi connectivity index (χ3v) is 4.12. The summed E-state index contributed by atoms with van der Waals surface area (Å²) in [5, 5.41) is 5.27. The summed E-state index contributed by atoms with van der Waals surface area (Å²) >= 11 is 1.38. The third-order valence-electron chi connectivity index (χ3n) is 3.25. The Bertz CT molecular complexity index is 809. The molecule has 1 amide bonds. The molecule has 0 saturated heterocycles. The predicted octanol–water partition coefficient (Wildman–Crippen LogP) is 2.02. The zero-order valence-electron chi connectivity index (χ0n) is 12.1. The van der Waals surface area contributed by atoms with Gasteiger partial charge in [0.05, 0.1) is 0 Å². The average Bonchev–Trinajstić information content (AvgIpc) is 3.14. The summed E-state index contributed by atoms with van der Waals surface area (Å²) in [6.45, 7) is 2.79. The number of benzene rings is 1. The SMILES string of the molecule is Cc1cccc2oc(CCNC(=O)c3csc(CN)n3)nc12. The molecule has 0 spiro atoms. The monoisotopic (exact) mass is 316 g/mol. The van der Waals surface area contributed by atoms with Crippen LogP contribution in [-0.2, 0) is 13.0 Å². The molecule has 3 aromatic rings. The smallest absolute Gasteiger partial charge is 0.270 e. The summed E-state index contributed by atoms with van der Waals surface area (Å²) in [4.78, 5) is 20.5. The maximum absolute atomic E-state index is 11.9. The number of thiazole rings is 1. The van der Waals surface area contributed by atoms with Crippen LogP contribution in [0.5, 0.6) is 0 Å². The van der Waals surface area contributed by atoms with Crippen molar-refractivity contribution in [3.05, 3.63) is 45.7 Å². The molecule has 114 valence electrons. The molecule has 2 heterocycles. The van der Waals surface area contributed by atoms with Crippen LogP contribution >= 0.6 is 11.3 Å². The molecule has 22 heavy (non-hydrogen) atoms. The number of fused-ring (bicyclic) bond motifs is 1. The van der Waals surface area contributed by atoms with E-state index in [0.717, 1.165) is 21.7 Å². The van der Waals surface area contributed by atoms with E-state index < -0.39 is 0 Å². The van der Waals surface area contributed by atoms with Gasteiger partial charge in [0.1, 0.15) is 16.2 Å². The molecular weight excluding hydrogens is 300 g/mol. The van der Waals surface area contributed by atoms with Gasteiger partial charge in [0.15, 0.2) is 11.5 Å². The number of nitrogens with zero attached hydrogens (tertiary/aromatic N) is 2. The highest BCUT2D eigenvalue weighted by Crippen LogP contribution is 2.18. The molecule has 0 fully saturated rings. The van der Waals surface area contributed by atoms with Gasteiger partial charge in [0, 0.05) is 24.9 Å². The van der Waals surface area contributed by atoms with E-state index in [4.69, 9.17) is 10.2 Å². The minimum Gasteiger partial charge on any atom is -0.441 e. The zero-order chi connectivity index (χ0) is 15.5. The van der Waals surface area contributed by atoms with E-state index in [1.54, 1.807) is 5.38 Å². The van der Waals surface area contributed by atoms with Gasteiger partial charge in [-0.1, -0.05) is 12.1 Å². The first-order valence-corrected chi connectivity index (χ1v) is 7.83. The largest absolute Gasteiger partial charge is 0.441 e. The third kappa shape index (κ3) is 3.00. The van der Waals surface area contributed by atoms with Crippen LogP contribution in [0.25, 0.3) is 11.1 Å². The molecule has 0 aliphatic rings. The van der Waals surface area contributed by atoms with Crippen molar-refractivity contribution >= 4 is 28.3 Å². The van der Waals surface area contributed by atoms with Gasteiger partial charge in [0.2, 0.25) is 0 Å². The first-order valence-electron chi connectivity index (χ1n) is 6.95. The molecule has 6 nitrogen and oxygen atoms in total. The molecule has 0 saturated carbocycles. The highest BCUT2D eigenvalue weighted by atomic mass is 32.1. The van der Waals surface area contributed by atoms with Gasteiger partial charge in [-0.15, -0.1) is 11.3 Å². The van der Waals surface area contributed by atoms with Crippen molar-refractivity contribution in [2.45, 2.75) is 19.9 Å². The number of para-hydroxylation sites is 1. The number of amides is 1. The van der Waals surface area contributed by atoms with E-state index in [9.17, 15) is 4.79 Å². The van der Waals surface area contributed by atoms with Gasteiger partial charge in [-0.3, -0.25) is 4.79 Å². The lowest BCUT2D eigenvalue weighted by atomic mass is 10.2. The van der Waals surface area contributed by atoms with Crippen LogP contribution in [0.2, 0.25) is 0 Å². The number of nitrogens with one attached hydrogen (secondary N) is 1. The van der Waals surface area contributed by atoms with Crippen molar-refractivity contribution in [1.29, 1.82) is 0 Å². The van der Waals surface area contributed by atoms with Crippen molar-refractivity contribution in [2.24, 2.45) is 5.73 Å². The maximum Gasteiger partial charge on any atom is 0.270 e. The first-order chi connectivity index (χ1) is 10.7. The maximum atomic E-state index is 11.9. The first kappa shape index (κ1) is 14.7. The average molecular weight is 316 g/mol. The highest BCUT2D eigenvalue weighted by Gasteiger charge is 2.11. The van der Waals surface area contributed by atoms with E-state index in [1.165, 1.54) is 11.3 Å². The van der Waals surface area contributed by atoms with E-state index in [1.807, 2.05) is 25.1 Å². The number of oxazole rings is 1. The van der Waals surface area contributed by atoms with E-state index in [-0.39, 0.29) is 5.91 Å². The second-order valence-electron chi connectivity index (χ2n) is 4.87. The van der Waals surface area contributed by atoms with Crippen molar-refractivity contribution in [2.75, 3.05) is 6.54 Å². The molecule has 2 aromatic heterocycles. The predicted molar refractivity (Wildman–Crippen MR) is 84.8 cm³/mol. The van der Waals surface area contributed by atoms with Crippen molar-refractivity contribution in [3.63, 3.8) is 0 Å². The van der Waals surface area contributed by atoms with E-state index in [0.29, 0.717) is 31.1 Å². The number of nitrogens with two attached hydrogens (primary N) is 1. The van der Waals surface area contributed by atoms with Gasteiger partial charge in [-0.2, -0.15) is 0 Å². The Morgan fingerprint density at radius 2 is 2.27 bits per heavy atom. The molecule has 3 rings (SSSR count). The van der Waals surface area contributed by atoms with Gasteiger partial charge < -0.3 is 15.5 Å². The summed E-state index contributed by atoms with van der Waals surface area (Å²) in [7, 11) is 0. The molecule has 0 radical (unpaired) electrons. The van der Waals surface area contributed by atoms with Crippen LogP contribution in [0.15, 0.2) is 28.0 Å². The number of carbonyl (C=O) groups is 1. The van der Waals surface area contributed by atoms with Crippen molar-refractivity contribution in [1.82, 2.24) is 15.3 Å². The van der Waals surface area contributed by atoms with Crippen LogP contribution in [0, 0.1) is 6.92 Å².